The number of carbonyl (C=O) groups is 1. The van der Waals surface area contributed by atoms with Crippen molar-refractivity contribution in [2.24, 2.45) is 4.99 Å². The first-order chi connectivity index (χ1) is 19.2. The first-order valence-electron chi connectivity index (χ1n) is 12.5. The van der Waals surface area contributed by atoms with Crippen molar-refractivity contribution >= 4 is 33.8 Å². The second kappa shape index (κ2) is 10.6. The minimum atomic E-state index is -0.562. The third-order valence-electron chi connectivity index (χ3n) is 6.40. The van der Waals surface area contributed by atoms with Crippen molar-refractivity contribution in [1.82, 2.24) is 14.6 Å². The van der Waals surface area contributed by atoms with E-state index in [9.17, 15) is 4.79 Å². The Bertz CT molecular complexity index is 1760. The summed E-state index contributed by atoms with van der Waals surface area (Å²) < 4.78 is 12.8. The van der Waals surface area contributed by atoms with Gasteiger partial charge in [0.1, 0.15) is 12.9 Å². The van der Waals surface area contributed by atoms with Crippen molar-refractivity contribution in [1.29, 1.82) is 0 Å². The van der Waals surface area contributed by atoms with Crippen LogP contribution in [0.4, 0.5) is 5.69 Å². The van der Waals surface area contributed by atoms with Crippen LogP contribution in [-0.4, -0.2) is 33.4 Å². The Morgan fingerprint density at radius 3 is 2.10 bits per heavy atom. The van der Waals surface area contributed by atoms with E-state index in [1.807, 2.05) is 109 Å². The Labute approximate surface area is 225 Å². The Morgan fingerprint density at radius 2 is 1.46 bits per heavy atom. The van der Waals surface area contributed by atoms with Crippen molar-refractivity contribution < 1.29 is 14.3 Å². The summed E-state index contributed by atoms with van der Waals surface area (Å²) in [6, 6.07) is 35.7. The highest BCUT2D eigenvalue weighted by molar-refractivity contribution is 6.14. The Hall–Kier alpha value is -5.30. The Kier molecular flexibility index (Phi) is 6.53. The van der Waals surface area contributed by atoms with Crippen LogP contribution in [0.1, 0.15) is 27.2 Å². The smallest absolute Gasteiger partial charge is 0.360 e. The summed E-state index contributed by atoms with van der Waals surface area (Å²) in [5.41, 5.74) is 5.24. The normalized spacial score (nSPS) is 10.9. The van der Waals surface area contributed by atoms with E-state index in [2.05, 4.69) is 10.1 Å². The number of benzene rings is 4. The van der Waals surface area contributed by atoms with Crippen LogP contribution in [0, 0.1) is 0 Å². The van der Waals surface area contributed by atoms with Gasteiger partial charge in [-0.3, -0.25) is 0 Å². The quantitative estimate of drug-likeness (QED) is 0.182. The number of rotatable bonds is 7. The van der Waals surface area contributed by atoms with Crippen LogP contribution in [0.25, 0.3) is 16.4 Å². The number of carbonyl (C=O) groups excluding carboxylic acids is 1. The van der Waals surface area contributed by atoms with Crippen molar-refractivity contribution in [3.63, 3.8) is 0 Å². The minimum Gasteiger partial charge on any atom is -0.486 e. The standard InChI is InChI=1S/C32H24N4O3/c1-38-32(37)29-30(39-20-22-11-5-2-6-12-22)26-18-17-25(19-27(26)31-33-21-34-36(29)31)35-28(23-13-7-3-8-14-23)24-15-9-4-10-16-24/h2-19,21H,20H2,1H3. The average Bonchev–Trinajstić information content (AvgIpc) is 3.49. The number of fused-ring (bicyclic) bond motifs is 3. The highest BCUT2D eigenvalue weighted by atomic mass is 16.5. The fraction of sp³-hybridized carbons (Fsp3) is 0.0625. The fourth-order valence-corrected chi connectivity index (χ4v) is 4.57. The van der Waals surface area contributed by atoms with E-state index in [0.717, 1.165) is 33.5 Å². The molecule has 2 heterocycles. The summed E-state index contributed by atoms with van der Waals surface area (Å²) in [4.78, 5) is 22.4. The molecule has 0 atom stereocenters. The van der Waals surface area contributed by atoms with Gasteiger partial charge in [0, 0.05) is 21.9 Å². The molecule has 0 aliphatic rings. The average molecular weight is 513 g/mol. The maximum atomic E-state index is 12.9. The van der Waals surface area contributed by atoms with Gasteiger partial charge < -0.3 is 9.47 Å². The van der Waals surface area contributed by atoms with Crippen LogP contribution in [0.5, 0.6) is 5.75 Å². The van der Waals surface area contributed by atoms with E-state index in [1.54, 1.807) is 0 Å². The molecule has 0 fully saturated rings. The van der Waals surface area contributed by atoms with Crippen molar-refractivity contribution in [2.75, 3.05) is 7.11 Å². The van der Waals surface area contributed by atoms with Crippen LogP contribution in [0.15, 0.2) is 121 Å². The van der Waals surface area contributed by atoms with E-state index >= 15 is 0 Å². The Morgan fingerprint density at radius 1 is 0.821 bits per heavy atom. The summed E-state index contributed by atoms with van der Waals surface area (Å²) in [6.45, 7) is 0.270. The van der Waals surface area contributed by atoms with Gasteiger partial charge in [-0.05, 0) is 23.8 Å². The molecule has 0 aliphatic heterocycles. The lowest BCUT2D eigenvalue weighted by molar-refractivity contribution is 0.0585. The first-order valence-corrected chi connectivity index (χ1v) is 12.5. The van der Waals surface area contributed by atoms with Gasteiger partial charge in [-0.2, -0.15) is 5.10 Å². The molecule has 0 aliphatic carbocycles. The van der Waals surface area contributed by atoms with Crippen molar-refractivity contribution in [3.8, 4) is 5.75 Å². The zero-order valence-corrected chi connectivity index (χ0v) is 21.2. The zero-order chi connectivity index (χ0) is 26.6. The second-order valence-electron chi connectivity index (χ2n) is 8.86. The van der Waals surface area contributed by atoms with Crippen molar-refractivity contribution in [2.45, 2.75) is 6.61 Å². The summed E-state index contributed by atoms with van der Waals surface area (Å²) in [7, 11) is 1.34. The molecule has 190 valence electrons. The number of methoxy groups -OCH3 is 1. The molecule has 39 heavy (non-hydrogen) atoms. The van der Waals surface area contributed by atoms with E-state index < -0.39 is 5.97 Å². The van der Waals surface area contributed by atoms with E-state index in [4.69, 9.17) is 14.5 Å². The van der Waals surface area contributed by atoms with Crippen LogP contribution in [0.2, 0.25) is 0 Å². The molecule has 0 bridgehead atoms. The van der Waals surface area contributed by atoms with Gasteiger partial charge in [0.05, 0.1) is 18.5 Å². The molecule has 7 heteroatoms. The molecule has 4 aromatic carbocycles. The highest BCUT2D eigenvalue weighted by Gasteiger charge is 2.24. The minimum absolute atomic E-state index is 0.180. The number of nitrogens with zero attached hydrogens (tertiary/aromatic N) is 4. The lowest BCUT2D eigenvalue weighted by Crippen LogP contribution is -2.13. The molecule has 2 aromatic heterocycles. The highest BCUT2D eigenvalue weighted by Crippen LogP contribution is 2.36. The van der Waals surface area contributed by atoms with Gasteiger partial charge in [-0.15, -0.1) is 0 Å². The molecule has 0 radical (unpaired) electrons. The number of esters is 1. The summed E-state index contributed by atoms with van der Waals surface area (Å²) in [5.74, 6) is -0.187. The number of ether oxygens (including phenoxy) is 2. The largest absolute Gasteiger partial charge is 0.486 e. The molecule has 0 saturated heterocycles. The van der Waals surface area contributed by atoms with Crippen LogP contribution in [-0.2, 0) is 11.3 Å². The number of hydrogen-bond donors (Lipinski definition) is 0. The Balaban J connectivity index is 1.54. The molecular weight excluding hydrogens is 488 g/mol. The second-order valence-corrected chi connectivity index (χ2v) is 8.86. The third-order valence-corrected chi connectivity index (χ3v) is 6.40. The fourth-order valence-electron chi connectivity index (χ4n) is 4.57. The zero-order valence-electron chi connectivity index (χ0n) is 21.2. The molecule has 6 aromatic rings. The maximum Gasteiger partial charge on any atom is 0.360 e. The van der Waals surface area contributed by atoms with Gasteiger partial charge in [0.2, 0.25) is 0 Å². The molecule has 6 rings (SSSR count). The third kappa shape index (κ3) is 4.73. The predicted molar refractivity (Wildman–Crippen MR) is 151 cm³/mol. The van der Waals surface area contributed by atoms with Gasteiger partial charge in [0.15, 0.2) is 17.1 Å². The van der Waals surface area contributed by atoms with E-state index in [-0.39, 0.29) is 12.3 Å². The molecule has 0 spiro atoms. The first kappa shape index (κ1) is 24.1. The molecule has 0 saturated carbocycles. The molecular formula is C32H24N4O3. The topological polar surface area (TPSA) is 78.1 Å². The molecule has 0 N–H and O–H groups in total. The predicted octanol–water partition coefficient (Wildman–Crippen LogP) is 6.42. The number of hydrogen-bond acceptors (Lipinski definition) is 6. The van der Waals surface area contributed by atoms with Crippen molar-refractivity contribution in [3.05, 3.63) is 138 Å². The van der Waals surface area contributed by atoms with Crippen LogP contribution < -0.4 is 4.74 Å². The number of pyridine rings is 1. The summed E-state index contributed by atoms with van der Waals surface area (Å²) >= 11 is 0. The van der Waals surface area contributed by atoms with Gasteiger partial charge in [-0.1, -0.05) is 91.0 Å². The lowest BCUT2D eigenvalue weighted by Gasteiger charge is -2.15. The number of aliphatic imine (C=N–C) groups is 1. The number of aromatic nitrogens is 3. The monoisotopic (exact) mass is 512 g/mol. The summed E-state index contributed by atoms with van der Waals surface area (Å²) in [5, 5.41) is 5.80. The van der Waals surface area contributed by atoms with Crippen LogP contribution >= 0.6 is 0 Å². The van der Waals surface area contributed by atoms with E-state index in [1.165, 1.54) is 18.0 Å². The lowest BCUT2D eigenvalue weighted by atomic mass is 10.0. The summed E-state index contributed by atoms with van der Waals surface area (Å²) in [6.07, 6.45) is 1.41. The maximum absolute atomic E-state index is 12.9. The molecule has 0 unspecified atom stereocenters. The molecule has 0 amide bonds. The van der Waals surface area contributed by atoms with Gasteiger partial charge in [0.25, 0.3) is 0 Å². The van der Waals surface area contributed by atoms with Gasteiger partial charge in [-0.25, -0.2) is 19.3 Å². The SMILES string of the molecule is COC(=O)c1c(OCc2ccccc2)c2ccc(N=C(c3ccccc3)c3ccccc3)cc2c2ncnn12. The molecule has 7 nitrogen and oxygen atoms in total. The van der Waals surface area contributed by atoms with E-state index in [0.29, 0.717) is 16.8 Å². The van der Waals surface area contributed by atoms with Gasteiger partial charge >= 0.3 is 5.97 Å². The van der Waals surface area contributed by atoms with Crippen LogP contribution in [0.3, 0.4) is 0 Å².